The molecular formula is C14H24N2. The maximum absolute atomic E-state index is 3.48. The van der Waals surface area contributed by atoms with E-state index in [0.717, 1.165) is 13.1 Å². The van der Waals surface area contributed by atoms with Gasteiger partial charge < -0.3 is 10.2 Å². The van der Waals surface area contributed by atoms with E-state index in [1.54, 1.807) is 0 Å². The van der Waals surface area contributed by atoms with Gasteiger partial charge in [-0.1, -0.05) is 39.0 Å². The highest BCUT2D eigenvalue weighted by Gasteiger charge is 2.07. The van der Waals surface area contributed by atoms with Crippen LogP contribution in [0.5, 0.6) is 0 Å². The van der Waals surface area contributed by atoms with Gasteiger partial charge in [0.2, 0.25) is 0 Å². The van der Waals surface area contributed by atoms with E-state index in [0.29, 0.717) is 12.0 Å². The number of nitrogens with zero attached hydrogens (tertiary/aromatic N) is 1. The molecule has 0 bridgehead atoms. The first-order valence-electron chi connectivity index (χ1n) is 6.09. The molecule has 2 heteroatoms. The van der Waals surface area contributed by atoms with Gasteiger partial charge in [-0.05, 0) is 24.6 Å². The summed E-state index contributed by atoms with van der Waals surface area (Å²) >= 11 is 0. The van der Waals surface area contributed by atoms with Crippen molar-refractivity contribution in [3.8, 4) is 0 Å². The summed E-state index contributed by atoms with van der Waals surface area (Å²) in [5, 5.41) is 3.48. The van der Waals surface area contributed by atoms with Crippen molar-refractivity contribution in [3.63, 3.8) is 0 Å². The predicted molar refractivity (Wildman–Crippen MR) is 72.0 cm³/mol. The molecule has 0 aliphatic carbocycles. The Balaban J connectivity index is 2.36. The van der Waals surface area contributed by atoms with E-state index in [-0.39, 0.29) is 0 Å². The largest absolute Gasteiger partial charge is 0.374 e. The van der Waals surface area contributed by atoms with Crippen LogP contribution in [0.4, 0.5) is 5.69 Å². The molecule has 16 heavy (non-hydrogen) atoms. The fourth-order valence-corrected chi connectivity index (χ4v) is 1.76. The van der Waals surface area contributed by atoms with E-state index >= 15 is 0 Å². The molecule has 1 atom stereocenters. The molecule has 0 fully saturated rings. The normalized spacial score (nSPS) is 12.8. The van der Waals surface area contributed by atoms with E-state index in [4.69, 9.17) is 0 Å². The number of benzene rings is 1. The molecule has 0 aliphatic heterocycles. The number of para-hydroxylation sites is 1. The molecule has 0 spiro atoms. The molecule has 1 aromatic carbocycles. The third-order valence-electron chi connectivity index (χ3n) is 2.66. The first-order valence-corrected chi connectivity index (χ1v) is 6.09. The fourth-order valence-electron chi connectivity index (χ4n) is 1.76. The molecule has 1 unspecified atom stereocenters. The summed E-state index contributed by atoms with van der Waals surface area (Å²) in [5.74, 6) is 0.660. The fraction of sp³-hybridized carbons (Fsp3) is 0.571. The first kappa shape index (κ1) is 13.0. The van der Waals surface area contributed by atoms with Crippen LogP contribution in [0.3, 0.4) is 0 Å². The van der Waals surface area contributed by atoms with Crippen LogP contribution in [0.2, 0.25) is 0 Å². The minimum atomic E-state index is 0.574. The Hall–Kier alpha value is -1.02. The number of hydrogen-bond donors (Lipinski definition) is 1. The average molecular weight is 220 g/mol. The van der Waals surface area contributed by atoms with Gasteiger partial charge in [-0.3, -0.25) is 0 Å². The lowest BCUT2D eigenvalue weighted by atomic mass is 10.1. The van der Waals surface area contributed by atoms with Crippen LogP contribution >= 0.6 is 0 Å². The van der Waals surface area contributed by atoms with Crippen LogP contribution in [0.15, 0.2) is 30.3 Å². The molecule has 0 heterocycles. The molecule has 1 aromatic rings. The molecule has 90 valence electrons. The maximum Gasteiger partial charge on any atom is 0.0363 e. The Kier molecular flexibility index (Phi) is 5.33. The molecule has 0 amide bonds. The molecule has 0 aromatic heterocycles. The van der Waals surface area contributed by atoms with Crippen molar-refractivity contribution < 1.29 is 0 Å². The van der Waals surface area contributed by atoms with Gasteiger partial charge in [0.05, 0.1) is 0 Å². The monoisotopic (exact) mass is 220 g/mol. The van der Waals surface area contributed by atoms with Crippen molar-refractivity contribution >= 4 is 5.69 Å². The van der Waals surface area contributed by atoms with Gasteiger partial charge in [-0.15, -0.1) is 0 Å². The minimum absolute atomic E-state index is 0.574. The van der Waals surface area contributed by atoms with Crippen molar-refractivity contribution in [1.82, 2.24) is 5.32 Å². The van der Waals surface area contributed by atoms with E-state index in [1.165, 1.54) is 5.69 Å². The Morgan fingerprint density at radius 1 is 1.12 bits per heavy atom. The second-order valence-corrected chi connectivity index (χ2v) is 4.88. The van der Waals surface area contributed by atoms with E-state index in [2.05, 4.69) is 68.4 Å². The second kappa shape index (κ2) is 6.54. The molecule has 1 N–H and O–H groups in total. The van der Waals surface area contributed by atoms with E-state index < -0.39 is 0 Å². The van der Waals surface area contributed by atoms with Gasteiger partial charge >= 0.3 is 0 Å². The maximum atomic E-state index is 3.48. The molecule has 1 rings (SSSR count). The van der Waals surface area contributed by atoms with Crippen molar-refractivity contribution in [2.24, 2.45) is 5.92 Å². The number of nitrogens with one attached hydrogen (secondary N) is 1. The molecule has 0 radical (unpaired) electrons. The quantitative estimate of drug-likeness (QED) is 0.793. The van der Waals surface area contributed by atoms with Crippen LogP contribution in [0.1, 0.15) is 20.8 Å². The number of hydrogen-bond acceptors (Lipinski definition) is 2. The Labute approximate surface area is 99.7 Å². The SMILES string of the molecule is CC(CNC(C)C)CN(C)c1ccccc1. The van der Waals surface area contributed by atoms with Gasteiger partial charge in [0.1, 0.15) is 0 Å². The Morgan fingerprint density at radius 3 is 2.31 bits per heavy atom. The third-order valence-corrected chi connectivity index (χ3v) is 2.66. The zero-order valence-electron chi connectivity index (χ0n) is 10.9. The van der Waals surface area contributed by atoms with E-state index in [1.807, 2.05) is 0 Å². The van der Waals surface area contributed by atoms with Gasteiger partial charge in [0.25, 0.3) is 0 Å². The highest BCUT2D eigenvalue weighted by Crippen LogP contribution is 2.12. The van der Waals surface area contributed by atoms with Gasteiger partial charge in [-0.25, -0.2) is 0 Å². The lowest BCUT2D eigenvalue weighted by Crippen LogP contribution is -2.33. The Morgan fingerprint density at radius 2 is 1.75 bits per heavy atom. The second-order valence-electron chi connectivity index (χ2n) is 4.88. The zero-order valence-corrected chi connectivity index (χ0v) is 10.9. The van der Waals surface area contributed by atoms with Crippen LogP contribution in [0, 0.1) is 5.92 Å². The smallest absolute Gasteiger partial charge is 0.0363 e. The first-order chi connectivity index (χ1) is 7.59. The summed E-state index contributed by atoms with van der Waals surface area (Å²) in [7, 11) is 2.15. The minimum Gasteiger partial charge on any atom is -0.374 e. The van der Waals surface area contributed by atoms with Crippen molar-refractivity contribution in [2.45, 2.75) is 26.8 Å². The number of anilines is 1. The van der Waals surface area contributed by atoms with Crippen LogP contribution in [-0.4, -0.2) is 26.2 Å². The van der Waals surface area contributed by atoms with Crippen molar-refractivity contribution in [2.75, 3.05) is 25.0 Å². The molecule has 0 saturated heterocycles. The highest BCUT2D eigenvalue weighted by molar-refractivity contribution is 5.44. The number of rotatable bonds is 6. The molecule has 0 aliphatic rings. The van der Waals surface area contributed by atoms with Gasteiger partial charge in [0.15, 0.2) is 0 Å². The van der Waals surface area contributed by atoms with Crippen LogP contribution in [-0.2, 0) is 0 Å². The topological polar surface area (TPSA) is 15.3 Å². The molecular weight excluding hydrogens is 196 g/mol. The summed E-state index contributed by atoms with van der Waals surface area (Å²) in [6.07, 6.45) is 0. The molecule has 0 saturated carbocycles. The molecule has 2 nitrogen and oxygen atoms in total. The van der Waals surface area contributed by atoms with Gasteiger partial charge in [-0.2, -0.15) is 0 Å². The van der Waals surface area contributed by atoms with Crippen LogP contribution < -0.4 is 10.2 Å². The summed E-state index contributed by atoms with van der Waals surface area (Å²) in [4.78, 5) is 2.31. The zero-order chi connectivity index (χ0) is 12.0. The highest BCUT2D eigenvalue weighted by atomic mass is 15.1. The third kappa shape index (κ3) is 4.67. The van der Waals surface area contributed by atoms with E-state index in [9.17, 15) is 0 Å². The van der Waals surface area contributed by atoms with Crippen molar-refractivity contribution in [3.05, 3.63) is 30.3 Å². The van der Waals surface area contributed by atoms with Gasteiger partial charge in [0, 0.05) is 25.3 Å². The average Bonchev–Trinajstić information content (AvgIpc) is 2.27. The summed E-state index contributed by atoms with van der Waals surface area (Å²) < 4.78 is 0. The Bertz CT molecular complexity index is 282. The van der Waals surface area contributed by atoms with Crippen LogP contribution in [0.25, 0.3) is 0 Å². The summed E-state index contributed by atoms with van der Waals surface area (Å²) in [6, 6.07) is 11.1. The lowest BCUT2D eigenvalue weighted by Gasteiger charge is -2.24. The standard InChI is InChI=1S/C14H24N2/c1-12(2)15-10-13(3)11-16(4)14-8-6-5-7-9-14/h5-9,12-13,15H,10-11H2,1-4H3. The lowest BCUT2D eigenvalue weighted by molar-refractivity contribution is 0.478. The summed E-state index contributed by atoms with van der Waals surface area (Å²) in [5.41, 5.74) is 1.29. The predicted octanol–water partition coefficient (Wildman–Crippen LogP) is 2.76. The summed E-state index contributed by atoms with van der Waals surface area (Å²) in [6.45, 7) is 8.83. The van der Waals surface area contributed by atoms with Crippen molar-refractivity contribution in [1.29, 1.82) is 0 Å².